The van der Waals surface area contributed by atoms with Gasteiger partial charge >= 0.3 is 0 Å². The number of H-pyrrole nitrogens is 1. The second-order valence-electron chi connectivity index (χ2n) is 6.75. The summed E-state index contributed by atoms with van der Waals surface area (Å²) in [5, 5.41) is 8.48. The molecule has 4 rings (SSSR count). The summed E-state index contributed by atoms with van der Waals surface area (Å²) in [6, 6.07) is 17.6. The molecule has 0 bridgehead atoms. The predicted octanol–water partition coefficient (Wildman–Crippen LogP) is 4.29. The van der Waals surface area contributed by atoms with Crippen LogP contribution in [-0.4, -0.2) is 27.8 Å². The van der Waals surface area contributed by atoms with Gasteiger partial charge in [-0.1, -0.05) is 36.4 Å². The second kappa shape index (κ2) is 7.23. The normalized spacial score (nSPS) is 11.0. The lowest BCUT2D eigenvalue weighted by molar-refractivity contribution is 0.102. The molecule has 0 fully saturated rings. The number of carbonyl (C=O) groups is 1. The molecule has 2 N–H and O–H groups in total. The zero-order chi connectivity index (χ0) is 19.7. The van der Waals surface area contributed by atoms with Crippen LogP contribution >= 0.6 is 0 Å². The van der Waals surface area contributed by atoms with Gasteiger partial charge < -0.3 is 15.0 Å². The van der Waals surface area contributed by atoms with Crippen LogP contribution in [0.5, 0.6) is 5.75 Å². The van der Waals surface area contributed by atoms with Gasteiger partial charge in [0.2, 0.25) is 0 Å². The third-order valence-corrected chi connectivity index (χ3v) is 4.88. The van der Waals surface area contributed by atoms with Crippen molar-refractivity contribution in [1.82, 2.24) is 14.8 Å². The Kier molecular flexibility index (Phi) is 4.61. The molecule has 0 unspecified atom stereocenters. The van der Waals surface area contributed by atoms with E-state index in [0.717, 1.165) is 39.3 Å². The number of amides is 1. The van der Waals surface area contributed by atoms with E-state index in [4.69, 9.17) is 4.74 Å². The minimum absolute atomic E-state index is 0.205. The maximum absolute atomic E-state index is 12.8. The highest BCUT2D eigenvalue weighted by molar-refractivity contribution is 6.07. The lowest BCUT2D eigenvalue weighted by atomic mass is 10.2. The number of aromatic amines is 1. The fourth-order valence-electron chi connectivity index (χ4n) is 3.40. The highest BCUT2D eigenvalue weighted by Gasteiger charge is 2.17. The Labute approximate surface area is 163 Å². The Balaban J connectivity index is 1.60. The largest absolute Gasteiger partial charge is 0.496 e. The summed E-state index contributed by atoms with van der Waals surface area (Å²) in [5.74, 6) is 0.527. The number of aromatic nitrogens is 3. The number of hydrogen-bond acceptors (Lipinski definition) is 3. The molecule has 0 atom stereocenters. The number of anilines is 1. The van der Waals surface area contributed by atoms with Crippen LogP contribution in [0.25, 0.3) is 10.9 Å². The fraction of sp³-hybridized carbons (Fsp3) is 0.182. The highest BCUT2D eigenvalue weighted by atomic mass is 16.5. The van der Waals surface area contributed by atoms with Crippen molar-refractivity contribution in [2.24, 2.45) is 0 Å². The lowest BCUT2D eigenvalue weighted by Gasteiger charge is -2.06. The molecule has 0 radical (unpaired) electrons. The van der Waals surface area contributed by atoms with E-state index in [1.807, 2.05) is 61.0 Å². The summed E-state index contributed by atoms with van der Waals surface area (Å²) in [4.78, 5) is 16.0. The minimum Gasteiger partial charge on any atom is -0.496 e. The van der Waals surface area contributed by atoms with Gasteiger partial charge in [0.25, 0.3) is 5.91 Å². The van der Waals surface area contributed by atoms with Gasteiger partial charge in [0.1, 0.15) is 11.4 Å². The van der Waals surface area contributed by atoms with E-state index in [1.54, 1.807) is 7.11 Å². The molecular weight excluding hydrogens is 352 g/mol. The summed E-state index contributed by atoms with van der Waals surface area (Å²) in [5.41, 5.74) is 4.95. The smallest absolute Gasteiger partial charge is 0.272 e. The summed E-state index contributed by atoms with van der Waals surface area (Å²) in [7, 11) is 1.62. The van der Waals surface area contributed by atoms with E-state index >= 15 is 0 Å². The van der Waals surface area contributed by atoms with Crippen LogP contribution in [0.3, 0.4) is 0 Å². The van der Waals surface area contributed by atoms with Crippen LogP contribution in [0.1, 0.15) is 27.4 Å². The van der Waals surface area contributed by atoms with Crippen LogP contribution < -0.4 is 10.1 Å². The topological polar surface area (TPSA) is 71.9 Å². The van der Waals surface area contributed by atoms with Gasteiger partial charge in [-0.15, -0.1) is 0 Å². The quantitative estimate of drug-likeness (QED) is 0.547. The van der Waals surface area contributed by atoms with Gasteiger partial charge in [0.15, 0.2) is 0 Å². The maximum atomic E-state index is 12.8. The van der Waals surface area contributed by atoms with Gasteiger partial charge in [-0.05, 0) is 37.6 Å². The number of benzene rings is 2. The predicted molar refractivity (Wildman–Crippen MR) is 110 cm³/mol. The Bertz CT molecular complexity index is 1140. The number of methoxy groups -OCH3 is 1. The highest BCUT2D eigenvalue weighted by Crippen LogP contribution is 2.27. The molecule has 142 valence electrons. The van der Waals surface area contributed by atoms with Gasteiger partial charge in [0.05, 0.1) is 30.7 Å². The van der Waals surface area contributed by atoms with E-state index in [9.17, 15) is 4.79 Å². The van der Waals surface area contributed by atoms with Crippen LogP contribution in [0.2, 0.25) is 0 Å². The SMILES string of the molecule is COc1cccc2[nH]c(C(=O)Nc3c(C)nn(Cc4ccccc4)c3C)cc12. The minimum atomic E-state index is -0.205. The van der Waals surface area contributed by atoms with Crippen molar-refractivity contribution in [3.63, 3.8) is 0 Å². The average molecular weight is 374 g/mol. The molecule has 2 aromatic heterocycles. The molecule has 0 saturated heterocycles. The monoisotopic (exact) mass is 374 g/mol. The zero-order valence-electron chi connectivity index (χ0n) is 16.1. The Morgan fingerprint density at radius 1 is 1.14 bits per heavy atom. The molecule has 0 aliphatic rings. The molecule has 28 heavy (non-hydrogen) atoms. The number of nitrogens with zero attached hydrogens (tertiary/aromatic N) is 2. The summed E-state index contributed by atoms with van der Waals surface area (Å²) in [6.07, 6.45) is 0. The molecular formula is C22H22N4O2. The first-order valence-electron chi connectivity index (χ1n) is 9.12. The molecule has 4 aromatic rings. The first-order valence-corrected chi connectivity index (χ1v) is 9.12. The van der Waals surface area contributed by atoms with Crippen LogP contribution in [0, 0.1) is 13.8 Å². The first-order chi connectivity index (χ1) is 13.6. The van der Waals surface area contributed by atoms with Crippen LogP contribution in [0.15, 0.2) is 54.6 Å². The van der Waals surface area contributed by atoms with Crippen molar-refractivity contribution >= 4 is 22.5 Å². The van der Waals surface area contributed by atoms with E-state index in [1.165, 1.54) is 0 Å². The molecule has 0 aliphatic heterocycles. The number of aryl methyl sites for hydroxylation is 1. The van der Waals surface area contributed by atoms with E-state index in [-0.39, 0.29) is 5.91 Å². The standard InChI is InChI=1S/C22H22N4O2/c1-14-21(15(2)26(25-14)13-16-8-5-4-6-9-16)24-22(27)19-12-17-18(23-19)10-7-11-20(17)28-3/h4-12,23H,13H2,1-3H3,(H,24,27). The summed E-state index contributed by atoms with van der Waals surface area (Å²) in [6.45, 7) is 4.53. The number of nitrogens with one attached hydrogen (secondary N) is 2. The summed E-state index contributed by atoms with van der Waals surface area (Å²) >= 11 is 0. The molecule has 2 aromatic carbocycles. The molecule has 6 nitrogen and oxygen atoms in total. The van der Waals surface area contributed by atoms with Crippen molar-refractivity contribution in [1.29, 1.82) is 0 Å². The average Bonchev–Trinajstić information content (AvgIpc) is 3.25. The number of ether oxygens (including phenoxy) is 1. The Morgan fingerprint density at radius 2 is 1.93 bits per heavy atom. The number of rotatable bonds is 5. The number of fused-ring (bicyclic) bond motifs is 1. The lowest BCUT2D eigenvalue weighted by Crippen LogP contribution is -2.13. The first kappa shape index (κ1) is 17.9. The van der Waals surface area contributed by atoms with Gasteiger partial charge in [-0.25, -0.2) is 0 Å². The van der Waals surface area contributed by atoms with Crippen molar-refractivity contribution < 1.29 is 9.53 Å². The fourth-order valence-corrected chi connectivity index (χ4v) is 3.40. The Morgan fingerprint density at radius 3 is 2.68 bits per heavy atom. The maximum Gasteiger partial charge on any atom is 0.272 e. The van der Waals surface area contributed by atoms with Crippen LogP contribution in [0.4, 0.5) is 5.69 Å². The van der Waals surface area contributed by atoms with Gasteiger partial charge in [0, 0.05) is 10.9 Å². The van der Waals surface area contributed by atoms with E-state index in [0.29, 0.717) is 12.2 Å². The molecule has 0 aliphatic carbocycles. The van der Waals surface area contributed by atoms with Crippen molar-refractivity contribution in [2.75, 3.05) is 12.4 Å². The van der Waals surface area contributed by atoms with E-state index < -0.39 is 0 Å². The molecule has 6 heteroatoms. The van der Waals surface area contributed by atoms with Crippen molar-refractivity contribution in [3.05, 3.63) is 77.2 Å². The number of hydrogen-bond donors (Lipinski definition) is 2. The van der Waals surface area contributed by atoms with Gasteiger partial charge in [-0.2, -0.15) is 5.10 Å². The third kappa shape index (κ3) is 3.24. The van der Waals surface area contributed by atoms with E-state index in [2.05, 4.69) is 27.5 Å². The van der Waals surface area contributed by atoms with Crippen molar-refractivity contribution in [2.45, 2.75) is 20.4 Å². The second-order valence-corrected chi connectivity index (χ2v) is 6.75. The zero-order valence-corrected chi connectivity index (χ0v) is 16.1. The molecule has 1 amide bonds. The molecule has 0 spiro atoms. The molecule has 2 heterocycles. The number of carbonyl (C=O) groups excluding carboxylic acids is 1. The Hall–Kier alpha value is -3.54. The molecule has 0 saturated carbocycles. The third-order valence-electron chi connectivity index (χ3n) is 4.88. The van der Waals surface area contributed by atoms with Gasteiger partial charge in [-0.3, -0.25) is 9.48 Å². The van der Waals surface area contributed by atoms with Crippen LogP contribution in [-0.2, 0) is 6.54 Å². The van der Waals surface area contributed by atoms with Crippen molar-refractivity contribution in [3.8, 4) is 5.75 Å². The summed E-state index contributed by atoms with van der Waals surface area (Å²) < 4.78 is 7.28.